The van der Waals surface area contributed by atoms with E-state index in [1.54, 1.807) is 19.9 Å². The molecule has 0 radical (unpaired) electrons. The number of nitrogens with two attached hydrogens (primary N) is 1. The fourth-order valence-corrected chi connectivity index (χ4v) is 2.01. The molecule has 0 aromatic carbocycles. The van der Waals surface area contributed by atoms with Gasteiger partial charge in [-0.05, 0) is 26.0 Å². The second-order valence-corrected chi connectivity index (χ2v) is 5.85. The van der Waals surface area contributed by atoms with Gasteiger partial charge in [-0.3, -0.25) is 9.78 Å². The Morgan fingerprint density at radius 2 is 1.96 bits per heavy atom. The number of nitrogens with one attached hydrogen (secondary N) is 1. The van der Waals surface area contributed by atoms with Crippen molar-refractivity contribution in [3.05, 3.63) is 23.5 Å². The van der Waals surface area contributed by atoms with E-state index < -0.39 is 17.4 Å². The van der Waals surface area contributed by atoms with Crippen molar-refractivity contribution in [3.63, 3.8) is 0 Å². The first-order valence-electron chi connectivity index (χ1n) is 6.86. The van der Waals surface area contributed by atoms with Crippen molar-refractivity contribution in [2.45, 2.75) is 25.6 Å². The standard InChI is InChI=1S/C13H14F3N7O/c1-12(2,17)8-4-6(19-20-8)11-18-10(22-24-11)7-5-9(13(14,15)16)21-23(7)3/h4-5H,17H2,1-3H3,(H,19,20). The van der Waals surface area contributed by atoms with Crippen LogP contribution in [0.5, 0.6) is 0 Å². The van der Waals surface area contributed by atoms with Crippen molar-refractivity contribution in [2.75, 3.05) is 0 Å². The maximum Gasteiger partial charge on any atom is 0.435 e. The van der Waals surface area contributed by atoms with Crippen LogP contribution in [0.3, 0.4) is 0 Å². The van der Waals surface area contributed by atoms with Gasteiger partial charge in [0.1, 0.15) is 5.69 Å². The van der Waals surface area contributed by atoms with Gasteiger partial charge in [0.15, 0.2) is 11.4 Å². The third kappa shape index (κ3) is 2.89. The summed E-state index contributed by atoms with van der Waals surface area (Å²) < 4.78 is 44.3. The van der Waals surface area contributed by atoms with Crippen molar-refractivity contribution in [1.29, 1.82) is 0 Å². The van der Waals surface area contributed by atoms with E-state index in [1.165, 1.54) is 7.05 Å². The quantitative estimate of drug-likeness (QED) is 0.754. The molecular weight excluding hydrogens is 327 g/mol. The van der Waals surface area contributed by atoms with E-state index >= 15 is 0 Å². The van der Waals surface area contributed by atoms with Crippen LogP contribution in [-0.2, 0) is 18.8 Å². The lowest BCUT2D eigenvalue weighted by Crippen LogP contribution is -2.28. The van der Waals surface area contributed by atoms with E-state index in [1.807, 2.05) is 0 Å². The van der Waals surface area contributed by atoms with Gasteiger partial charge in [0.2, 0.25) is 5.82 Å². The van der Waals surface area contributed by atoms with Gasteiger partial charge in [-0.2, -0.15) is 28.4 Å². The normalized spacial score (nSPS) is 12.8. The fraction of sp³-hybridized carbons (Fsp3) is 0.385. The van der Waals surface area contributed by atoms with Crippen molar-refractivity contribution in [3.8, 4) is 23.1 Å². The molecule has 0 saturated carbocycles. The second kappa shape index (κ2) is 5.16. The van der Waals surface area contributed by atoms with Gasteiger partial charge in [-0.1, -0.05) is 5.16 Å². The van der Waals surface area contributed by atoms with Crippen LogP contribution in [0.15, 0.2) is 16.7 Å². The monoisotopic (exact) mass is 341 g/mol. The molecule has 0 spiro atoms. The maximum atomic E-state index is 12.7. The first-order valence-corrected chi connectivity index (χ1v) is 6.86. The predicted octanol–water partition coefficient (Wildman–Crippen LogP) is 2.07. The Morgan fingerprint density at radius 3 is 2.50 bits per heavy atom. The molecule has 0 atom stereocenters. The Kier molecular flexibility index (Phi) is 3.48. The summed E-state index contributed by atoms with van der Waals surface area (Å²) in [7, 11) is 1.37. The lowest BCUT2D eigenvalue weighted by Gasteiger charge is -2.14. The Balaban J connectivity index is 1.94. The fourth-order valence-electron chi connectivity index (χ4n) is 2.01. The minimum atomic E-state index is -4.55. The Labute approximate surface area is 133 Å². The van der Waals surface area contributed by atoms with Gasteiger partial charge in [0.05, 0.1) is 11.2 Å². The number of aromatic amines is 1. The van der Waals surface area contributed by atoms with Crippen LogP contribution >= 0.6 is 0 Å². The van der Waals surface area contributed by atoms with Gasteiger partial charge in [-0.25, -0.2) is 0 Å². The smallest absolute Gasteiger partial charge is 0.332 e. The SMILES string of the molecule is Cn1nc(C(F)(F)F)cc1-c1noc(-c2cc(C(C)(C)N)[nH]n2)n1. The van der Waals surface area contributed by atoms with Crippen LogP contribution in [0.4, 0.5) is 13.2 Å². The molecule has 3 heterocycles. The predicted molar refractivity (Wildman–Crippen MR) is 76.3 cm³/mol. The van der Waals surface area contributed by atoms with E-state index in [4.69, 9.17) is 10.3 Å². The van der Waals surface area contributed by atoms with Crippen LogP contribution < -0.4 is 5.73 Å². The summed E-state index contributed by atoms with van der Waals surface area (Å²) in [4.78, 5) is 4.07. The summed E-state index contributed by atoms with van der Waals surface area (Å²) in [5.74, 6) is 0.0403. The lowest BCUT2D eigenvalue weighted by molar-refractivity contribution is -0.141. The number of aryl methyl sites for hydroxylation is 1. The number of aromatic nitrogens is 6. The highest BCUT2D eigenvalue weighted by atomic mass is 19.4. The number of rotatable bonds is 3. The van der Waals surface area contributed by atoms with Gasteiger partial charge < -0.3 is 10.3 Å². The molecule has 8 nitrogen and oxygen atoms in total. The third-order valence-corrected chi connectivity index (χ3v) is 3.32. The Hall–Kier alpha value is -2.69. The molecule has 0 aliphatic heterocycles. The summed E-state index contributed by atoms with van der Waals surface area (Å²) in [5.41, 5.74) is 5.36. The van der Waals surface area contributed by atoms with Gasteiger partial charge in [-0.15, -0.1) is 0 Å². The van der Waals surface area contributed by atoms with Gasteiger partial charge >= 0.3 is 6.18 Å². The maximum absolute atomic E-state index is 12.7. The average Bonchev–Trinajstić information content (AvgIpc) is 3.14. The number of nitrogens with zero attached hydrogens (tertiary/aromatic N) is 5. The number of hydrogen-bond acceptors (Lipinski definition) is 6. The van der Waals surface area contributed by atoms with Crippen LogP contribution in [0.1, 0.15) is 25.2 Å². The third-order valence-electron chi connectivity index (χ3n) is 3.32. The molecule has 24 heavy (non-hydrogen) atoms. The number of hydrogen-bond donors (Lipinski definition) is 2. The zero-order valence-electron chi connectivity index (χ0n) is 13.0. The van der Waals surface area contributed by atoms with Crippen molar-refractivity contribution >= 4 is 0 Å². The molecule has 128 valence electrons. The van der Waals surface area contributed by atoms with E-state index in [2.05, 4.69) is 25.4 Å². The van der Waals surface area contributed by atoms with Crippen LogP contribution in [0.2, 0.25) is 0 Å². The number of alkyl halides is 3. The van der Waals surface area contributed by atoms with Gasteiger partial charge in [0.25, 0.3) is 5.89 Å². The molecule has 3 aromatic heterocycles. The number of halogens is 3. The highest BCUT2D eigenvalue weighted by molar-refractivity contribution is 5.55. The molecule has 0 aliphatic rings. The summed E-state index contributed by atoms with van der Waals surface area (Å²) in [5, 5.41) is 13.9. The number of H-pyrrole nitrogens is 1. The first-order chi connectivity index (χ1) is 11.1. The lowest BCUT2D eigenvalue weighted by atomic mass is 10.0. The Morgan fingerprint density at radius 1 is 1.25 bits per heavy atom. The van der Waals surface area contributed by atoms with Crippen LogP contribution in [0.25, 0.3) is 23.1 Å². The average molecular weight is 341 g/mol. The van der Waals surface area contributed by atoms with Crippen molar-refractivity contribution < 1.29 is 17.7 Å². The van der Waals surface area contributed by atoms with Crippen molar-refractivity contribution in [1.82, 2.24) is 30.1 Å². The highest BCUT2D eigenvalue weighted by Crippen LogP contribution is 2.31. The first kappa shape index (κ1) is 16.2. The molecule has 0 unspecified atom stereocenters. The summed E-state index contributed by atoms with van der Waals surface area (Å²) in [6.45, 7) is 3.58. The molecule has 0 bridgehead atoms. The molecule has 3 N–H and O–H groups in total. The van der Waals surface area contributed by atoms with Crippen molar-refractivity contribution in [2.24, 2.45) is 12.8 Å². The molecule has 11 heteroatoms. The molecular formula is C13H14F3N7O. The molecule has 3 aromatic rings. The summed E-state index contributed by atoms with van der Waals surface area (Å²) in [6, 6.07) is 2.50. The van der Waals surface area contributed by atoms with Crippen LogP contribution in [0, 0.1) is 0 Å². The van der Waals surface area contributed by atoms with E-state index in [-0.39, 0.29) is 17.4 Å². The van der Waals surface area contributed by atoms with E-state index in [9.17, 15) is 13.2 Å². The van der Waals surface area contributed by atoms with E-state index in [0.717, 1.165) is 10.7 Å². The Bertz CT molecular complexity index is 869. The van der Waals surface area contributed by atoms with Gasteiger partial charge in [0, 0.05) is 7.05 Å². The summed E-state index contributed by atoms with van der Waals surface area (Å²) >= 11 is 0. The zero-order chi connectivity index (χ0) is 17.7. The molecule has 0 saturated heterocycles. The summed E-state index contributed by atoms with van der Waals surface area (Å²) in [6.07, 6.45) is -4.55. The van der Waals surface area contributed by atoms with Crippen LogP contribution in [-0.4, -0.2) is 30.1 Å². The minimum Gasteiger partial charge on any atom is -0.332 e. The minimum absolute atomic E-state index is 0.0212. The molecule has 0 fully saturated rings. The largest absolute Gasteiger partial charge is 0.435 e. The molecule has 0 amide bonds. The topological polar surface area (TPSA) is 111 Å². The zero-order valence-corrected chi connectivity index (χ0v) is 13.0. The molecule has 3 rings (SSSR count). The highest BCUT2D eigenvalue weighted by Gasteiger charge is 2.35. The molecule has 0 aliphatic carbocycles. The van der Waals surface area contributed by atoms with E-state index in [0.29, 0.717) is 11.4 Å². The second-order valence-electron chi connectivity index (χ2n) is 5.85.